The molecular weight excluding hydrogens is 893 g/mol. The molecule has 0 aliphatic heterocycles. The second-order valence-electron chi connectivity index (χ2n) is 11.8. The maximum Gasteiger partial charge on any atom is 1.00 e. The summed E-state index contributed by atoms with van der Waals surface area (Å²) >= 11 is 1.11. The molecule has 0 aromatic heterocycles. The first-order chi connectivity index (χ1) is 23.5. The molecule has 2 N–H and O–H groups in total. The van der Waals surface area contributed by atoms with E-state index in [1.54, 1.807) is 30.3 Å². The third-order valence-electron chi connectivity index (χ3n) is 8.65. The minimum atomic E-state index is -3.62. The van der Waals surface area contributed by atoms with Crippen LogP contribution in [0.25, 0.3) is 0 Å². The fourth-order valence-corrected chi connectivity index (χ4v) is 8.64. The van der Waals surface area contributed by atoms with Crippen LogP contribution in [0.15, 0.2) is 59.5 Å². The Morgan fingerprint density at radius 1 is 0.603 bits per heavy atom. The fraction of sp³-hybridized carbons (Fsp3) is 0.581. The van der Waals surface area contributed by atoms with Crippen molar-refractivity contribution in [2.24, 2.45) is 35.5 Å². The molecule has 7 unspecified atom stereocenters. The maximum atomic E-state index is 13.8. The summed E-state index contributed by atoms with van der Waals surface area (Å²) in [6.45, 7) is 4.03. The number of sulfone groups is 1. The summed E-state index contributed by atoms with van der Waals surface area (Å²) in [7, 11) is -2.55. The molecule has 0 radical (unpaired) electrons. The topological polar surface area (TPSA) is 253 Å². The van der Waals surface area contributed by atoms with E-state index in [-0.39, 0.29) is 220 Å². The van der Waals surface area contributed by atoms with Gasteiger partial charge in [0.1, 0.15) is 0 Å². The molecule has 0 heterocycles. The predicted molar refractivity (Wildman–Crippen MR) is 234 cm³/mol. The van der Waals surface area contributed by atoms with Crippen molar-refractivity contribution in [2.75, 3.05) is 30.9 Å². The standard InChI is InChI=1S/C34H44N2O12S2.9CH4.4Na/c1-5-23(21-9-7-6-8-10-21)25(32(41)42)27(33(43)44)28(34(45)46)26(24(29(37)35-4)20(3)31(39)40)30(38)36-15-16-49-17-18-50(47,48)22-13-11-19(2)12-14-22;;;;;;;;;;;;;/h6-14,20,23-28H,5,15-18H2,1-4H3,(H,35,37)(H,36,38)(H,39,40)(H,41,42)(H,43,44)(H,45,46);9*1H4;;;;/q;;;;;;;;;;4*+1/p-4. The number of thioether (sulfide) groups is 1. The zero-order valence-corrected chi connectivity index (χ0v) is 41.6. The molecule has 63 heavy (non-hydrogen) atoms. The largest absolute Gasteiger partial charge is 1.00 e. The van der Waals surface area contributed by atoms with Crippen LogP contribution in [-0.2, 0) is 38.6 Å². The van der Waals surface area contributed by atoms with Gasteiger partial charge in [-0.25, -0.2) is 8.42 Å². The number of hydrogen-bond acceptors (Lipinski definition) is 13. The van der Waals surface area contributed by atoms with Crippen LogP contribution in [0.4, 0.5) is 0 Å². The third kappa shape index (κ3) is 27.2. The van der Waals surface area contributed by atoms with Gasteiger partial charge in [-0.2, -0.15) is 11.8 Å². The van der Waals surface area contributed by atoms with E-state index in [9.17, 15) is 57.6 Å². The van der Waals surface area contributed by atoms with Gasteiger partial charge >= 0.3 is 118 Å². The Kier molecular flexibility index (Phi) is 66.8. The molecule has 0 bridgehead atoms. The molecule has 7 atom stereocenters. The summed E-state index contributed by atoms with van der Waals surface area (Å²) in [6, 6.07) is 14.0. The Balaban J connectivity index is -0.000000200. The number of carbonyl (C=O) groups excluding carboxylic acids is 6. The average Bonchev–Trinajstić information content (AvgIpc) is 3.06. The fourth-order valence-electron chi connectivity index (χ4n) is 6.05. The van der Waals surface area contributed by atoms with E-state index in [4.69, 9.17) is 0 Å². The molecule has 2 aromatic rings. The number of nitrogens with one attached hydrogen (secondary N) is 2. The summed E-state index contributed by atoms with van der Waals surface area (Å²) in [4.78, 5) is 77.4. The first-order valence-electron chi connectivity index (χ1n) is 15.7. The molecule has 14 nitrogen and oxygen atoms in total. The van der Waals surface area contributed by atoms with E-state index in [1.165, 1.54) is 31.2 Å². The van der Waals surface area contributed by atoms with Crippen molar-refractivity contribution in [1.82, 2.24) is 10.6 Å². The average molecular weight is 969 g/mol. The van der Waals surface area contributed by atoms with E-state index in [2.05, 4.69) is 10.6 Å². The minimum Gasteiger partial charge on any atom is -0.550 e. The molecular formula is C43H76N2Na4O12S2. The second-order valence-corrected chi connectivity index (χ2v) is 15.1. The maximum absolute atomic E-state index is 13.8. The van der Waals surface area contributed by atoms with Gasteiger partial charge < -0.3 is 50.2 Å². The van der Waals surface area contributed by atoms with Crippen molar-refractivity contribution in [3.63, 3.8) is 0 Å². The van der Waals surface area contributed by atoms with Crippen molar-refractivity contribution < 1.29 is 176 Å². The Hall–Kier alpha value is -0.440. The van der Waals surface area contributed by atoms with Crippen LogP contribution in [-0.4, -0.2) is 75.0 Å². The van der Waals surface area contributed by atoms with Gasteiger partial charge in [-0.3, -0.25) is 9.59 Å². The van der Waals surface area contributed by atoms with Crippen molar-refractivity contribution in [1.29, 1.82) is 0 Å². The Morgan fingerprint density at radius 3 is 1.41 bits per heavy atom. The number of amides is 2. The van der Waals surface area contributed by atoms with Crippen molar-refractivity contribution in [2.45, 2.75) is 105 Å². The minimum absolute atomic E-state index is 0. The smallest absolute Gasteiger partial charge is 0.550 e. The summed E-state index contributed by atoms with van der Waals surface area (Å²) in [6.07, 6.45) is -0.0335. The van der Waals surface area contributed by atoms with Gasteiger partial charge in [-0.15, -0.1) is 0 Å². The number of benzene rings is 2. The molecule has 0 spiro atoms. The molecule has 0 saturated heterocycles. The molecule has 2 rings (SSSR count). The zero-order valence-electron chi connectivity index (χ0n) is 32.0. The molecule has 0 aliphatic rings. The number of aliphatic carboxylic acids is 4. The SMILES string of the molecule is C.C.C.C.C.C.C.C.C.CCC(c1ccccc1)C(C(=O)[O-])C(C(=O)[O-])C(C(=O)[O-])C(C(=O)NCCSCCS(=O)(=O)c1ccc(C)cc1)C(C(=O)NC)C(C)C(=O)[O-].[Na+].[Na+].[Na+].[Na+]. The van der Waals surface area contributed by atoms with Crippen LogP contribution >= 0.6 is 11.8 Å². The van der Waals surface area contributed by atoms with E-state index in [1.807, 2.05) is 6.92 Å². The first-order valence-corrected chi connectivity index (χ1v) is 18.6. The number of aryl methyl sites for hydroxylation is 1. The molecule has 2 amide bonds. The quantitative estimate of drug-likeness (QED) is 0.0873. The van der Waals surface area contributed by atoms with Crippen molar-refractivity contribution in [3.05, 3.63) is 65.7 Å². The van der Waals surface area contributed by atoms with Gasteiger partial charge in [-0.1, -0.05) is 129 Å². The number of rotatable bonds is 21. The van der Waals surface area contributed by atoms with E-state index in [0.29, 0.717) is 5.56 Å². The number of carbonyl (C=O) groups is 6. The van der Waals surface area contributed by atoms with Crippen molar-refractivity contribution >= 4 is 57.3 Å². The summed E-state index contributed by atoms with van der Waals surface area (Å²) in [5.74, 6) is -25.6. The van der Waals surface area contributed by atoms with Crippen LogP contribution in [0, 0.1) is 42.4 Å². The number of carboxylic acids is 4. The van der Waals surface area contributed by atoms with E-state index >= 15 is 0 Å². The molecule has 0 aliphatic carbocycles. The summed E-state index contributed by atoms with van der Waals surface area (Å²) in [5, 5.41) is 54.8. The van der Waals surface area contributed by atoms with E-state index < -0.39 is 87.0 Å². The van der Waals surface area contributed by atoms with Gasteiger partial charge in [0, 0.05) is 72.6 Å². The predicted octanol–water partition coefficient (Wildman–Crippen LogP) is -8.98. The monoisotopic (exact) mass is 968 g/mol. The van der Waals surface area contributed by atoms with Gasteiger partial charge in [0.25, 0.3) is 0 Å². The Bertz CT molecular complexity index is 1640. The van der Waals surface area contributed by atoms with Crippen LogP contribution in [0.1, 0.15) is 104 Å². The van der Waals surface area contributed by atoms with E-state index in [0.717, 1.165) is 31.3 Å². The van der Waals surface area contributed by atoms with Gasteiger partial charge in [0.2, 0.25) is 11.8 Å². The van der Waals surface area contributed by atoms with Gasteiger partial charge in [0.15, 0.2) is 9.84 Å². The molecule has 0 fully saturated rings. The number of hydrogen-bond donors (Lipinski definition) is 2. The first kappa shape index (κ1) is 92.7. The van der Waals surface area contributed by atoms with Gasteiger partial charge in [-0.05, 0) is 37.0 Å². The summed E-state index contributed by atoms with van der Waals surface area (Å²) < 4.78 is 25.3. The molecule has 20 heteroatoms. The van der Waals surface area contributed by atoms with Crippen LogP contribution in [0.3, 0.4) is 0 Å². The Labute approximate surface area is 475 Å². The zero-order chi connectivity index (χ0) is 37.8. The molecule has 0 saturated carbocycles. The number of carboxylic acid groups (broad SMARTS) is 4. The van der Waals surface area contributed by atoms with Crippen molar-refractivity contribution in [3.8, 4) is 0 Å². The van der Waals surface area contributed by atoms with Crippen LogP contribution in [0.5, 0.6) is 0 Å². The molecule has 346 valence electrons. The van der Waals surface area contributed by atoms with Crippen LogP contribution in [0.2, 0.25) is 0 Å². The molecule has 2 aromatic carbocycles. The Morgan fingerprint density at radius 2 is 1.03 bits per heavy atom. The third-order valence-corrected chi connectivity index (χ3v) is 11.6. The normalized spacial score (nSPS) is 12.4. The van der Waals surface area contributed by atoms with Crippen LogP contribution < -0.4 is 149 Å². The van der Waals surface area contributed by atoms with Gasteiger partial charge in [0.05, 0.1) is 22.5 Å². The summed E-state index contributed by atoms with van der Waals surface area (Å²) in [5.41, 5.74) is 1.18. The second kappa shape index (κ2) is 45.3.